The molecule has 154 valence electrons. The number of phenolic OH excluding ortho intramolecular Hbond substituents is 1. The molecule has 2 heterocycles. The zero-order valence-electron chi connectivity index (χ0n) is 16.7. The molecule has 0 radical (unpaired) electrons. The number of rotatable bonds is 3. The van der Waals surface area contributed by atoms with Crippen LogP contribution in [0.5, 0.6) is 5.75 Å². The van der Waals surface area contributed by atoms with Gasteiger partial charge in [-0.2, -0.15) is 0 Å². The summed E-state index contributed by atoms with van der Waals surface area (Å²) in [4.78, 5) is 4.54. The molecule has 3 aromatic carbocycles. The number of aryl methyl sites for hydroxylation is 1. The number of nitrogens with zero attached hydrogens (tertiary/aromatic N) is 2. The van der Waals surface area contributed by atoms with Crippen molar-refractivity contribution >= 4 is 40.8 Å². The lowest BCUT2D eigenvalue weighted by Crippen LogP contribution is -2.22. The van der Waals surface area contributed by atoms with Crippen molar-refractivity contribution in [1.29, 1.82) is 0 Å². The number of aliphatic imine (C=N–C) groups is 1. The predicted molar refractivity (Wildman–Crippen MR) is 128 cm³/mol. The second-order valence-electron chi connectivity index (χ2n) is 7.58. The first-order valence-corrected chi connectivity index (χ1v) is 10.6. The highest BCUT2D eigenvalue weighted by Crippen LogP contribution is 2.38. The van der Waals surface area contributed by atoms with Crippen LogP contribution >= 0.6 is 23.2 Å². The fraction of sp³-hybridized carbons (Fsp3) is 0.0800. The van der Waals surface area contributed by atoms with Gasteiger partial charge in [-0.05, 0) is 66.6 Å². The van der Waals surface area contributed by atoms with Gasteiger partial charge in [0.15, 0.2) is 0 Å². The third-order valence-corrected chi connectivity index (χ3v) is 5.91. The molecule has 0 spiro atoms. The minimum absolute atomic E-state index is 0.00605. The van der Waals surface area contributed by atoms with Gasteiger partial charge in [0, 0.05) is 28.7 Å². The Labute approximate surface area is 190 Å². The second-order valence-corrected chi connectivity index (χ2v) is 8.42. The summed E-state index contributed by atoms with van der Waals surface area (Å²) in [5.74, 6) is -0.0373. The predicted octanol–water partition coefficient (Wildman–Crippen LogP) is 7.06. The molecule has 6 heteroatoms. The number of phenols is 1. The SMILES string of the molecule is Cc1ccc2c(c1)NC(c1cccc(N=Cc3cc(Cl)cc(Cl)c3O)c1)c1cccn1-2. The molecule has 0 fully saturated rings. The second kappa shape index (κ2) is 7.80. The zero-order chi connectivity index (χ0) is 21.5. The van der Waals surface area contributed by atoms with E-state index in [0.29, 0.717) is 10.6 Å². The molecule has 2 N–H and O–H groups in total. The smallest absolute Gasteiger partial charge is 0.143 e. The molecule has 0 saturated heterocycles. The summed E-state index contributed by atoms with van der Waals surface area (Å²) in [5.41, 5.74) is 6.94. The molecular weight excluding hydrogens is 429 g/mol. The summed E-state index contributed by atoms with van der Waals surface area (Å²) >= 11 is 12.1. The minimum atomic E-state index is -0.0373. The van der Waals surface area contributed by atoms with E-state index in [4.69, 9.17) is 23.2 Å². The van der Waals surface area contributed by atoms with Crippen LogP contribution in [0, 0.1) is 6.92 Å². The van der Waals surface area contributed by atoms with Gasteiger partial charge in [0.1, 0.15) is 5.75 Å². The lowest BCUT2D eigenvalue weighted by Gasteiger charge is -2.30. The molecule has 0 saturated carbocycles. The van der Waals surface area contributed by atoms with E-state index in [1.54, 1.807) is 12.3 Å². The van der Waals surface area contributed by atoms with Crippen molar-refractivity contribution in [3.8, 4) is 11.4 Å². The first-order chi connectivity index (χ1) is 15.0. The number of fused-ring (bicyclic) bond motifs is 3. The number of hydrogen-bond acceptors (Lipinski definition) is 3. The first-order valence-electron chi connectivity index (χ1n) is 9.86. The van der Waals surface area contributed by atoms with Crippen molar-refractivity contribution in [2.75, 3.05) is 5.32 Å². The number of benzene rings is 3. The first kappa shape index (κ1) is 19.7. The summed E-state index contributed by atoms with van der Waals surface area (Å²) in [6.07, 6.45) is 3.66. The van der Waals surface area contributed by atoms with Gasteiger partial charge < -0.3 is 15.0 Å². The Hall–Kier alpha value is -3.21. The van der Waals surface area contributed by atoms with Crippen molar-refractivity contribution in [1.82, 2.24) is 4.57 Å². The number of aromatic hydroxyl groups is 1. The van der Waals surface area contributed by atoms with Crippen molar-refractivity contribution in [2.24, 2.45) is 4.99 Å². The fourth-order valence-corrected chi connectivity index (χ4v) is 4.43. The van der Waals surface area contributed by atoms with Gasteiger partial charge in [-0.1, -0.05) is 41.4 Å². The molecule has 1 aliphatic rings. The Kier molecular flexibility index (Phi) is 4.97. The normalized spacial score (nSPS) is 14.9. The number of aromatic nitrogens is 1. The minimum Gasteiger partial charge on any atom is -0.506 e. The van der Waals surface area contributed by atoms with Crippen LogP contribution in [0.15, 0.2) is 77.9 Å². The quantitative estimate of drug-likeness (QED) is 0.330. The number of nitrogens with one attached hydrogen (secondary N) is 1. The van der Waals surface area contributed by atoms with Gasteiger partial charge in [0.25, 0.3) is 0 Å². The molecule has 5 rings (SSSR count). The zero-order valence-corrected chi connectivity index (χ0v) is 18.2. The van der Waals surface area contributed by atoms with Gasteiger partial charge in [-0.3, -0.25) is 4.99 Å². The van der Waals surface area contributed by atoms with Crippen molar-refractivity contribution in [3.05, 3.63) is 105 Å². The summed E-state index contributed by atoms with van der Waals surface area (Å²) in [6.45, 7) is 2.09. The van der Waals surface area contributed by atoms with E-state index in [1.807, 2.05) is 18.2 Å². The molecule has 4 nitrogen and oxygen atoms in total. The summed E-state index contributed by atoms with van der Waals surface area (Å²) in [6, 6.07) is 21.8. The largest absolute Gasteiger partial charge is 0.506 e. The van der Waals surface area contributed by atoms with Gasteiger partial charge in [-0.25, -0.2) is 0 Å². The third-order valence-electron chi connectivity index (χ3n) is 5.40. The lowest BCUT2D eigenvalue weighted by molar-refractivity contribution is 0.475. The van der Waals surface area contributed by atoms with Crippen molar-refractivity contribution in [2.45, 2.75) is 13.0 Å². The summed E-state index contributed by atoms with van der Waals surface area (Å²) in [5, 5.41) is 14.5. The van der Waals surface area contributed by atoms with Gasteiger partial charge >= 0.3 is 0 Å². The van der Waals surface area contributed by atoms with Crippen LogP contribution in [0.2, 0.25) is 10.0 Å². The molecule has 0 amide bonds. The van der Waals surface area contributed by atoms with Gasteiger partial charge in [-0.15, -0.1) is 0 Å². The van der Waals surface area contributed by atoms with E-state index in [1.165, 1.54) is 11.6 Å². The Morgan fingerprint density at radius 2 is 1.90 bits per heavy atom. The summed E-state index contributed by atoms with van der Waals surface area (Å²) in [7, 11) is 0. The van der Waals surface area contributed by atoms with Crippen molar-refractivity contribution < 1.29 is 5.11 Å². The average Bonchev–Trinajstić information content (AvgIpc) is 3.24. The average molecular weight is 448 g/mol. The molecule has 1 aliphatic heterocycles. The van der Waals surface area contributed by atoms with Crippen LogP contribution in [-0.4, -0.2) is 15.9 Å². The Morgan fingerprint density at radius 1 is 1.03 bits per heavy atom. The van der Waals surface area contributed by atoms with Crippen LogP contribution in [0.4, 0.5) is 11.4 Å². The maximum absolute atomic E-state index is 10.2. The van der Waals surface area contributed by atoms with E-state index in [2.05, 4.69) is 64.4 Å². The van der Waals surface area contributed by atoms with E-state index in [-0.39, 0.29) is 16.8 Å². The molecule has 31 heavy (non-hydrogen) atoms. The molecule has 1 atom stereocenters. The van der Waals surface area contributed by atoms with Crippen LogP contribution in [0.1, 0.15) is 28.4 Å². The van der Waals surface area contributed by atoms with E-state index in [9.17, 15) is 5.11 Å². The highest BCUT2D eigenvalue weighted by molar-refractivity contribution is 6.36. The van der Waals surface area contributed by atoms with E-state index < -0.39 is 0 Å². The third kappa shape index (κ3) is 3.69. The standard InChI is InChI=1S/C25H19Cl2N3O/c1-15-7-8-22-21(10-15)29-24(23-6-3-9-30(22)23)16-4-2-5-19(12-16)28-14-17-11-18(26)13-20(27)25(17)31/h2-14,24,29,31H,1H3. The maximum Gasteiger partial charge on any atom is 0.143 e. The topological polar surface area (TPSA) is 49.6 Å². The Morgan fingerprint density at radius 3 is 2.77 bits per heavy atom. The number of anilines is 1. The molecular formula is C25H19Cl2N3O. The molecule has 1 unspecified atom stereocenters. The van der Waals surface area contributed by atoms with Crippen molar-refractivity contribution in [3.63, 3.8) is 0 Å². The fourth-order valence-electron chi connectivity index (χ4n) is 3.92. The highest BCUT2D eigenvalue weighted by Gasteiger charge is 2.25. The monoisotopic (exact) mass is 447 g/mol. The summed E-state index contributed by atoms with van der Waals surface area (Å²) < 4.78 is 2.22. The molecule has 1 aromatic heterocycles. The molecule has 0 bridgehead atoms. The lowest BCUT2D eigenvalue weighted by atomic mass is 9.99. The van der Waals surface area contributed by atoms with Crippen LogP contribution in [0.25, 0.3) is 5.69 Å². The van der Waals surface area contributed by atoms with Gasteiger partial charge in [0.05, 0.1) is 28.1 Å². The van der Waals surface area contributed by atoms with Crippen LogP contribution in [-0.2, 0) is 0 Å². The van der Waals surface area contributed by atoms with Crippen LogP contribution in [0.3, 0.4) is 0 Å². The number of hydrogen-bond donors (Lipinski definition) is 2. The van der Waals surface area contributed by atoms with E-state index >= 15 is 0 Å². The van der Waals surface area contributed by atoms with E-state index in [0.717, 1.165) is 28.3 Å². The molecule has 4 aromatic rings. The maximum atomic E-state index is 10.2. The van der Waals surface area contributed by atoms with Crippen LogP contribution < -0.4 is 5.32 Å². The number of halogens is 2. The Balaban J connectivity index is 1.50. The molecule has 0 aliphatic carbocycles. The highest BCUT2D eigenvalue weighted by atomic mass is 35.5. The van der Waals surface area contributed by atoms with Gasteiger partial charge in [0.2, 0.25) is 0 Å². The Bertz CT molecular complexity index is 1330.